The molecule has 26 heavy (non-hydrogen) atoms. The minimum absolute atomic E-state index is 0.118. The first kappa shape index (κ1) is 17.9. The Kier molecular flexibility index (Phi) is 5.81. The van der Waals surface area contributed by atoms with E-state index in [1.54, 1.807) is 30.3 Å². The molecule has 0 fully saturated rings. The van der Waals surface area contributed by atoms with Crippen LogP contribution in [-0.2, 0) is 11.3 Å². The van der Waals surface area contributed by atoms with Crippen molar-refractivity contribution in [3.05, 3.63) is 100 Å². The topological polar surface area (TPSA) is 55.4 Å². The van der Waals surface area contributed by atoms with Crippen LogP contribution in [0, 0.1) is 0 Å². The average molecular weight is 410 g/mol. The van der Waals surface area contributed by atoms with Crippen LogP contribution in [0.1, 0.15) is 21.5 Å². The molecule has 0 aliphatic rings. The first-order valence-electron chi connectivity index (χ1n) is 8.00. The van der Waals surface area contributed by atoms with Gasteiger partial charge in [-0.05, 0) is 23.8 Å². The number of nitrogens with one attached hydrogen (secondary N) is 1. The van der Waals surface area contributed by atoms with Crippen molar-refractivity contribution in [2.24, 2.45) is 0 Å². The van der Waals surface area contributed by atoms with Gasteiger partial charge in [0.1, 0.15) is 6.61 Å². The maximum Gasteiger partial charge on any atom is 0.411 e. The lowest BCUT2D eigenvalue weighted by Crippen LogP contribution is -2.14. The monoisotopic (exact) mass is 409 g/mol. The van der Waals surface area contributed by atoms with E-state index >= 15 is 0 Å². The van der Waals surface area contributed by atoms with Crippen LogP contribution in [0.4, 0.5) is 10.5 Å². The zero-order valence-electron chi connectivity index (χ0n) is 13.8. The van der Waals surface area contributed by atoms with E-state index in [1.807, 2.05) is 48.5 Å². The summed E-state index contributed by atoms with van der Waals surface area (Å²) < 4.78 is 5.90. The van der Waals surface area contributed by atoms with Crippen LogP contribution in [0.15, 0.2) is 83.3 Å². The minimum atomic E-state index is -0.579. The van der Waals surface area contributed by atoms with Gasteiger partial charge < -0.3 is 4.74 Å². The van der Waals surface area contributed by atoms with Gasteiger partial charge in [0.05, 0.1) is 0 Å². The molecule has 0 heterocycles. The Balaban J connectivity index is 1.69. The molecule has 0 atom stereocenters. The molecule has 3 rings (SSSR count). The van der Waals surface area contributed by atoms with Gasteiger partial charge in [-0.3, -0.25) is 10.1 Å². The highest BCUT2D eigenvalue weighted by Crippen LogP contribution is 2.22. The van der Waals surface area contributed by atoms with E-state index in [0.717, 1.165) is 5.56 Å². The summed E-state index contributed by atoms with van der Waals surface area (Å²) in [5.41, 5.74) is 2.45. The Bertz CT molecular complexity index is 911. The fourth-order valence-electron chi connectivity index (χ4n) is 2.43. The lowest BCUT2D eigenvalue weighted by Gasteiger charge is -2.09. The van der Waals surface area contributed by atoms with E-state index in [0.29, 0.717) is 21.3 Å². The fourth-order valence-corrected chi connectivity index (χ4v) is 2.92. The molecule has 0 aromatic heterocycles. The molecular formula is C21H16BrNO3. The molecule has 1 N–H and O–H groups in total. The van der Waals surface area contributed by atoms with Gasteiger partial charge in [0.2, 0.25) is 0 Å². The zero-order valence-corrected chi connectivity index (χ0v) is 15.4. The van der Waals surface area contributed by atoms with Gasteiger partial charge in [-0.15, -0.1) is 0 Å². The van der Waals surface area contributed by atoms with Crippen molar-refractivity contribution >= 4 is 33.5 Å². The van der Waals surface area contributed by atoms with Gasteiger partial charge >= 0.3 is 6.09 Å². The van der Waals surface area contributed by atoms with E-state index in [-0.39, 0.29) is 12.4 Å². The second-order valence-electron chi connectivity index (χ2n) is 5.61. The van der Waals surface area contributed by atoms with Crippen LogP contribution in [0.5, 0.6) is 0 Å². The van der Waals surface area contributed by atoms with E-state index in [9.17, 15) is 9.59 Å². The van der Waals surface area contributed by atoms with E-state index in [4.69, 9.17) is 4.74 Å². The number of carbonyl (C=O) groups excluding carboxylic acids is 2. The highest BCUT2D eigenvalue weighted by Gasteiger charge is 2.12. The predicted octanol–water partition coefficient (Wildman–Crippen LogP) is 5.43. The first-order valence-corrected chi connectivity index (χ1v) is 8.79. The molecule has 0 saturated heterocycles. The molecule has 0 radical (unpaired) electrons. The average Bonchev–Trinajstić information content (AvgIpc) is 2.67. The number of hydrogen-bond donors (Lipinski definition) is 1. The molecule has 5 heteroatoms. The van der Waals surface area contributed by atoms with Crippen molar-refractivity contribution < 1.29 is 14.3 Å². The second-order valence-corrected chi connectivity index (χ2v) is 6.53. The summed E-state index contributed by atoms with van der Waals surface area (Å²) in [6.45, 7) is 0.177. The van der Waals surface area contributed by atoms with E-state index in [1.165, 1.54) is 0 Å². The molecular weight excluding hydrogens is 394 g/mol. The number of rotatable bonds is 5. The van der Waals surface area contributed by atoms with Crippen LogP contribution in [0.25, 0.3) is 0 Å². The maximum absolute atomic E-state index is 12.6. The Labute approximate surface area is 159 Å². The zero-order chi connectivity index (χ0) is 18.4. The number of halogens is 1. The number of hydrogen-bond acceptors (Lipinski definition) is 3. The van der Waals surface area contributed by atoms with Gasteiger partial charge in [0.15, 0.2) is 5.78 Å². The predicted molar refractivity (Wildman–Crippen MR) is 104 cm³/mol. The summed E-state index contributed by atoms with van der Waals surface area (Å²) in [6, 6.07) is 23.5. The first-order chi connectivity index (χ1) is 12.6. The van der Waals surface area contributed by atoms with Gasteiger partial charge in [0, 0.05) is 21.3 Å². The minimum Gasteiger partial charge on any atom is -0.444 e. The number of anilines is 1. The molecule has 0 aliphatic carbocycles. The number of amides is 1. The highest BCUT2D eigenvalue weighted by molar-refractivity contribution is 9.10. The van der Waals surface area contributed by atoms with Crippen molar-refractivity contribution in [3.8, 4) is 0 Å². The van der Waals surface area contributed by atoms with Crippen molar-refractivity contribution in [1.29, 1.82) is 0 Å². The number of ether oxygens (including phenoxy) is 1. The summed E-state index contributed by atoms with van der Waals surface area (Å²) in [4.78, 5) is 24.6. The third-order valence-electron chi connectivity index (χ3n) is 3.66. The second kappa shape index (κ2) is 8.45. The van der Waals surface area contributed by atoms with Gasteiger partial charge in [-0.1, -0.05) is 76.6 Å². The molecule has 0 spiro atoms. The van der Waals surface area contributed by atoms with Gasteiger partial charge in [-0.2, -0.15) is 0 Å². The molecule has 3 aromatic carbocycles. The summed E-state index contributed by atoms with van der Waals surface area (Å²) in [6.07, 6.45) is -0.579. The molecule has 0 saturated carbocycles. The standard InChI is InChI=1S/C21H16BrNO3/c22-18-11-17(20(24)16-9-5-2-6-10-16)12-19(13-18)23-21(25)26-14-15-7-3-1-4-8-15/h1-13H,14H2,(H,23,25). The van der Waals surface area contributed by atoms with E-state index < -0.39 is 6.09 Å². The lowest BCUT2D eigenvalue weighted by atomic mass is 10.0. The molecule has 0 unspecified atom stereocenters. The molecule has 0 aliphatic heterocycles. The van der Waals surface area contributed by atoms with Crippen molar-refractivity contribution in [2.45, 2.75) is 6.61 Å². The Hall–Kier alpha value is -2.92. The Morgan fingerprint density at radius 3 is 2.19 bits per heavy atom. The third-order valence-corrected chi connectivity index (χ3v) is 4.11. The fraction of sp³-hybridized carbons (Fsp3) is 0.0476. The van der Waals surface area contributed by atoms with Crippen LogP contribution in [-0.4, -0.2) is 11.9 Å². The van der Waals surface area contributed by atoms with Gasteiger partial charge in [-0.25, -0.2) is 4.79 Å². The molecule has 130 valence electrons. The van der Waals surface area contributed by atoms with Crippen molar-refractivity contribution in [3.63, 3.8) is 0 Å². The third kappa shape index (κ3) is 4.80. The summed E-state index contributed by atoms with van der Waals surface area (Å²) in [7, 11) is 0. The van der Waals surface area contributed by atoms with Crippen LogP contribution in [0.2, 0.25) is 0 Å². The van der Waals surface area contributed by atoms with Crippen LogP contribution < -0.4 is 5.32 Å². The normalized spacial score (nSPS) is 10.2. The summed E-state index contributed by atoms with van der Waals surface area (Å²) in [5.74, 6) is -0.118. The number of carbonyl (C=O) groups is 2. The largest absolute Gasteiger partial charge is 0.444 e. The Morgan fingerprint density at radius 1 is 0.846 bits per heavy atom. The van der Waals surface area contributed by atoms with Crippen molar-refractivity contribution in [1.82, 2.24) is 0 Å². The smallest absolute Gasteiger partial charge is 0.411 e. The summed E-state index contributed by atoms with van der Waals surface area (Å²) >= 11 is 3.38. The molecule has 4 nitrogen and oxygen atoms in total. The molecule has 3 aromatic rings. The number of ketones is 1. The van der Waals surface area contributed by atoms with Crippen molar-refractivity contribution in [2.75, 3.05) is 5.32 Å². The molecule has 0 bridgehead atoms. The Morgan fingerprint density at radius 2 is 1.50 bits per heavy atom. The highest BCUT2D eigenvalue weighted by atomic mass is 79.9. The maximum atomic E-state index is 12.6. The number of benzene rings is 3. The lowest BCUT2D eigenvalue weighted by molar-refractivity contribution is 0.103. The van der Waals surface area contributed by atoms with Crippen LogP contribution >= 0.6 is 15.9 Å². The van der Waals surface area contributed by atoms with E-state index in [2.05, 4.69) is 21.2 Å². The van der Waals surface area contributed by atoms with Gasteiger partial charge in [0.25, 0.3) is 0 Å². The molecule has 1 amide bonds. The van der Waals surface area contributed by atoms with Crippen LogP contribution in [0.3, 0.4) is 0 Å². The quantitative estimate of drug-likeness (QED) is 0.571. The SMILES string of the molecule is O=C(Nc1cc(Br)cc(C(=O)c2ccccc2)c1)OCc1ccccc1. The summed E-state index contributed by atoms with van der Waals surface area (Å²) in [5, 5.41) is 2.66.